The summed E-state index contributed by atoms with van der Waals surface area (Å²) in [7, 11) is 0. The van der Waals surface area contributed by atoms with Crippen LogP contribution in [0.3, 0.4) is 0 Å². The molecular weight excluding hydrogens is 687 g/mol. The first-order valence-electron chi connectivity index (χ1n) is 18.2. The predicted octanol–water partition coefficient (Wildman–Crippen LogP) is 11.3. The van der Waals surface area contributed by atoms with Crippen molar-refractivity contribution < 1.29 is 0 Å². The largest absolute Gasteiger partial charge is 0.208 e. The summed E-state index contributed by atoms with van der Waals surface area (Å²) in [6, 6.07) is 64.4. The molecule has 0 amide bonds. The Morgan fingerprint density at radius 1 is 0.250 bits per heavy atom. The summed E-state index contributed by atoms with van der Waals surface area (Å²) in [5, 5.41) is 9.64. The van der Waals surface area contributed by atoms with Gasteiger partial charge in [0.05, 0.1) is 11.6 Å². The van der Waals surface area contributed by atoms with Crippen LogP contribution in [0.25, 0.3) is 90.6 Å². The van der Waals surface area contributed by atoms with Gasteiger partial charge in [0.15, 0.2) is 34.9 Å². The molecule has 0 saturated heterocycles. The zero-order valence-electron chi connectivity index (χ0n) is 30.0. The lowest BCUT2D eigenvalue weighted by Gasteiger charge is -2.11. The van der Waals surface area contributed by atoms with Crippen LogP contribution in [-0.2, 0) is 0 Å². The number of hydrogen-bond acceptors (Lipinski definition) is 7. The fourth-order valence-corrected chi connectivity index (χ4v) is 6.55. The third-order valence-corrected chi connectivity index (χ3v) is 9.41. The molecule has 0 radical (unpaired) electrons. The standard InChI is InChI=1S/C49H31N7/c50-32-33-13-10-22-41(29-33)47-54-48(42-23-11-20-39(30-42)34-14-4-1-5-15-34)56-49(55-47)43-24-12-21-40(31-43)35-25-27-38(28-26-35)46-52-44(36-16-6-2-7-17-36)51-45(53-46)37-18-8-3-9-19-37/h1-31H. The Kier molecular flexibility index (Phi) is 9.18. The van der Waals surface area contributed by atoms with E-state index in [4.69, 9.17) is 29.9 Å². The maximum atomic E-state index is 9.64. The van der Waals surface area contributed by atoms with Gasteiger partial charge in [0.1, 0.15) is 0 Å². The van der Waals surface area contributed by atoms with E-state index in [1.807, 2.05) is 127 Å². The van der Waals surface area contributed by atoms with Crippen LogP contribution < -0.4 is 0 Å². The number of nitriles is 1. The Balaban J connectivity index is 1.09. The second-order valence-electron chi connectivity index (χ2n) is 13.1. The van der Waals surface area contributed by atoms with Crippen molar-refractivity contribution in [3.63, 3.8) is 0 Å². The number of aromatic nitrogens is 6. The maximum absolute atomic E-state index is 9.64. The minimum absolute atomic E-state index is 0.490. The molecule has 0 aliphatic carbocycles. The van der Waals surface area contributed by atoms with Gasteiger partial charge in [-0.15, -0.1) is 0 Å². The van der Waals surface area contributed by atoms with Crippen molar-refractivity contribution in [2.45, 2.75) is 0 Å². The van der Waals surface area contributed by atoms with Gasteiger partial charge in [0.2, 0.25) is 0 Å². The molecule has 9 rings (SSSR count). The molecule has 2 aromatic heterocycles. The fraction of sp³-hybridized carbons (Fsp3) is 0. The highest BCUT2D eigenvalue weighted by Crippen LogP contribution is 2.32. The Hall–Kier alpha value is -7.95. The van der Waals surface area contributed by atoms with Gasteiger partial charge in [-0.3, -0.25) is 0 Å². The van der Waals surface area contributed by atoms with Crippen molar-refractivity contribution in [3.05, 3.63) is 194 Å². The molecule has 0 N–H and O–H groups in total. The quantitative estimate of drug-likeness (QED) is 0.154. The van der Waals surface area contributed by atoms with Gasteiger partial charge in [0, 0.05) is 33.4 Å². The molecule has 7 heteroatoms. The molecule has 0 saturated carbocycles. The average Bonchev–Trinajstić information content (AvgIpc) is 3.30. The SMILES string of the molecule is N#Cc1cccc(-c2nc(-c3cccc(-c4ccccc4)c3)nc(-c3cccc(-c4ccc(-c5nc(-c6ccccc6)nc(-c6ccccc6)n5)cc4)c3)n2)c1. The lowest BCUT2D eigenvalue weighted by atomic mass is 10.0. The molecule has 9 aromatic rings. The summed E-state index contributed by atoms with van der Waals surface area (Å²) in [6.07, 6.45) is 0. The van der Waals surface area contributed by atoms with Gasteiger partial charge in [0.25, 0.3) is 0 Å². The van der Waals surface area contributed by atoms with Crippen LogP contribution in [0.4, 0.5) is 0 Å². The summed E-state index contributed by atoms with van der Waals surface area (Å²) in [5.41, 5.74) is 9.89. The Morgan fingerprint density at radius 2 is 0.536 bits per heavy atom. The van der Waals surface area contributed by atoms with E-state index >= 15 is 0 Å². The van der Waals surface area contributed by atoms with Gasteiger partial charge in [-0.05, 0) is 46.5 Å². The van der Waals surface area contributed by atoms with Gasteiger partial charge < -0.3 is 0 Å². The Labute approximate surface area is 324 Å². The molecule has 0 atom stereocenters. The molecule has 0 spiro atoms. The van der Waals surface area contributed by atoms with Crippen molar-refractivity contribution >= 4 is 0 Å². The first-order chi connectivity index (χ1) is 27.7. The van der Waals surface area contributed by atoms with Crippen LogP contribution in [0.5, 0.6) is 0 Å². The summed E-state index contributed by atoms with van der Waals surface area (Å²) in [4.78, 5) is 29.5. The number of rotatable bonds is 8. The van der Waals surface area contributed by atoms with E-state index in [1.54, 1.807) is 12.1 Å². The highest BCUT2D eigenvalue weighted by atomic mass is 15.0. The van der Waals surface area contributed by atoms with E-state index in [-0.39, 0.29) is 0 Å². The number of benzene rings is 7. The molecule has 262 valence electrons. The molecule has 0 fully saturated rings. The summed E-state index contributed by atoms with van der Waals surface area (Å²) >= 11 is 0. The van der Waals surface area contributed by atoms with E-state index in [9.17, 15) is 5.26 Å². The van der Waals surface area contributed by atoms with Crippen molar-refractivity contribution in [1.82, 2.24) is 29.9 Å². The van der Waals surface area contributed by atoms with Crippen molar-refractivity contribution in [2.75, 3.05) is 0 Å². The van der Waals surface area contributed by atoms with E-state index in [0.29, 0.717) is 40.5 Å². The van der Waals surface area contributed by atoms with Crippen LogP contribution >= 0.6 is 0 Å². The lowest BCUT2D eigenvalue weighted by molar-refractivity contribution is 1.07. The summed E-state index contributed by atoms with van der Waals surface area (Å²) in [5.74, 6) is 3.40. The second kappa shape index (κ2) is 15.2. The van der Waals surface area contributed by atoms with E-state index < -0.39 is 0 Å². The molecule has 0 bridgehead atoms. The van der Waals surface area contributed by atoms with Crippen LogP contribution in [0.2, 0.25) is 0 Å². The van der Waals surface area contributed by atoms with Crippen LogP contribution in [-0.4, -0.2) is 29.9 Å². The smallest absolute Gasteiger partial charge is 0.164 e. The van der Waals surface area contributed by atoms with Gasteiger partial charge in [-0.2, -0.15) is 5.26 Å². The minimum Gasteiger partial charge on any atom is -0.208 e. The maximum Gasteiger partial charge on any atom is 0.164 e. The lowest BCUT2D eigenvalue weighted by Crippen LogP contribution is -2.00. The predicted molar refractivity (Wildman–Crippen MR) is 221 cm³/mol. The molecule has 56 heavy (non-hydrogen) atoms. The molecule has 7 aromatic carbocycles. The van der Waals surface area contributed by atoms with Gasteiger partial charge >= 0.3 is 0 Å². The molecule has 2 heterocycles. The molecular formula is C49H31N7. The fourth-order valence-electron chi connectivity index (χ4n) is 6.55. The Morgan fingerprint density at radius 3 is 0.964 bits per heavy atom. The normalized spacial score (nSPS) is 10.8. The van der Waals surface area contributed by atoms with E-state index in [0.717, 1.165) is 55.6 Å². The number of hydrogen-bond donors (Lipinski definition) is 0. The van der Waals surface area contributed by atoms with Gasteiger partial charge in [-0.1, -0.05) is 164 Å². The van der Waals surface area contributed by atoms with Crippen LogP contribution in [0, 0.1) is 11.3 Å². The molecule has 0 aliphatic heterocycles. The summed E-state index contributed by atoms with van der Waals surface area (Å²) in [6.45, 7) is 0. The third kappa shape index (κ3) is 7.19. The Bertz CT molecular complexity index is 2790. The monoisotopic (exact) mass is 717 g/mol. The zero-order chi connectivity index (χ0) is 37.7. The van der Waals surface area contributed by atoms with E-state index in [2.05, 4.69) is 54.6 Å². The molecule has 0 aliphatic rings. The number of nitrogens with zero attached hydrogens (tertiary/aromatic N) is 7. The minimum atomic E-state index is 0.490. The van der Waals surface area contributed by atoms with Crippen LogP contribution in [0.1, 0.15) is 5.56 Å². The highest BCUT2D eigenvalue weighted by molar-refractivity contribution is 5.76. The first-order valence-corrected chi connectivity index (χ1v) is 18.2. The molecule has 0 unspecified atom stereocenters. The average molecular weight is 718 g/mol. The van der Waals surface area contributed by atoms with Crippen molar-refractivity contribution in [1.29, 1.82) is 5.26 Å². The molecule has 7 nitrogen and oxygen atoms in total. The van der Waals surface area contributed by atoms with Crippen LogP contribution in [0.15, 0.2) is 188 Å². The van der Waals surface area contributed by atoms with Crippen molar-refractivity contribution in [3.8, 4) is 96.7 Å². The third-order valence-electron chi connectivity index (χ3n) is 9.41. The summed E-state index contributed by atoms with van der Waals surface area (Å²) < 4.78 is 0. The first kappa shape index (κ1) is 33.9. The highest BCUT2D eigenvalue weighted by Gasteiger charge is 2.16. The topological polar surface area (TPSA) is 101 Å². The zero-order valence-corrected chi connectivity index (χ0v) is 30.0. The second-order valence-corrected chi connectivity index (χ2v) is 13.1. The van der Waals surface area contributed by atoms with Crippen molar-refractivity contribution in [2.24, 2.45) is 0 Å². The van der Waals surface area contributed by atoms with E-state index in [1.165, 1.54) is 0 Å². The van der Waals surface area contributed by atoms with Gasteiger partial charge in [-0.25, -0.2) is 29.9 Å².